The first kappa shape index (κ1) is 18.1. The third-order valence-electron chi connectivity index (χ3n) is 4.67. The van der Waals surface area contributed by atoms with Gasteiger partial charge in [0, 0.05) is 12.7 Å². The SMILES string of the molecule is Cc1cnc(-c2nc([C@H]3CCCCN3C(=O)COc3ccccc3)no2)cn1. The van der Waals surface area contributed by atoms with E-state index in [1.807, 2.05) is 37.3 Å². The van der Waals surface area contributed by atoms with Crippen LogP contribution in [0.5, 0.6) is 5.75 Å². The Hall–Kier alpha value is -3.29. The van der Waals surface area contributed by atoms with Gasteiger partial charge in [-0.2, -0.15) is 4.98 Å². The first-order chi connectivity index (χ1) is 13.7. The van der Waals surface area contributed by atoms with Crippen LogP contribution in [0.4, 0.5) is 0 Å². The molecule has 0 bridgehead atoms. The Labute approximate surface area is 162 Å². The second-order valence-corrected chi connectivity index (χ2v) is 6.70. The molecule has 1 saturated heterocycles. The van der Waals surface area contributed by atoms with E-state index in [0.717, 1.165) is 25.0 Å². The molecule has 0 radical (unpaired) electrons. The molecule has 28 heavy (non-hydrogen) atoms. The van der Waals surface area contributed by atoms with Gasteiger partial charge in [-0.1, -0.05) is 23.4 Å². The zero-order chi connectivity index (χ0) is 19.3. The number of amides is 1. The lowest BCUT2D eigenvalue weighted by Crippen LogP contribution is -2.41. The highest BCUT2D eigenvalue weighted by Crippen LogP contribution is 2.30. The van der Waals surface area contributed by atoms with Crippen LogP contribution in [0.3, 0.4) is 0 Å². The fourth-order valence-corrected chi connectivity index (χ4v) is 3.22. The van der Waals surface area contributed by atoms with Gasteiger partial charge in [-0.25, -0.2) is 4.98 Å². The molecule has 8 heteroatoms. The van der Waals surface area contributed by atoms with Gasteiger partial charge in [-0.3, -0.25) is 9.78 Å². The van der Waals surface area contributed by atoms with Gasteiger partial charge >= 0.3 is 0 Å². The van der Waals surface area contributed by atoms with Crippen LogP contribution in [-0.4, -0.2) is 44.1 Å². The van der Waals surface area contributed by atoms with Crippen molar-refractivity contribution in [3.05, 3.63) is 54.2 Å². The molecule has 3 heterocycles. The first-order valence-electron chi connectivity index (χ1n) is 9.30. The number of ether oxygens (including phenoxy) is 1. The van der Waals surface area contributed by atoms with Gasteiger partial charge in [0.05, 0.1) is 17.9 Å². The number of benzene rings is 1. The highest BCUT2D eigenvalue weighted by atomic mass is 16.5. The number of hydrogen-bond donors (Lipinski definition) is 0. The summed E-state index contributed by atoms with van der Waals surface area (Å²) in [6.07, 6.45) is 5.99. The fraction of sp³-hybridized carbons (Fsp3) is 0.350. The van der Waals surface area contributed by atoms with Crippen LogP contribution in [0.15, 0.2) is 47.2 Å². The molecular formula is C20H21N5O3. The van der Waals surface area contributed by atoms with Crippen LogP contribution in [0.1, 0.15) is 36.8 Å². The minimum Gasteiger partial charge on any atom is -0.484 e. The highest BCUT2D eigenvalue weighted by Gasteiger charge is 2.32. The molecule has 2 aromatic heterocycles. The third kappa shape index (κ3) is 4.00. The van der Waals surface area contributed by atoms with Crippen LogP contribution in [-0.2, 0) is 4.79 Å². The Balaban J connectivity index is 1.47. The number of nitrogens with zero attached hydrogens (tertiary/aromatic N) is 5. The maximum Gasteiger partial charge on any atom is 0.278 e. The Bertz CT molecular complexity index is 927. The third-order valence-corrected chi connectivity index (χ3v) is 4.67. The summed E-state index contributed by atoms with van der Waals surface area (Å²) in [6.45, 7) is 2.49. The minimum atomic E-state index is -0.225. The number of carbonyl (C=O) groups excluding carboxylic acids is 1. The van der Waals surface area contributed by atoms with Crippen molar-refractivity contribution in [1.29, 1.82) is 0 Å². The summed E-state index contributed by atoms with van der Waals surface area (Å²) in [7, 11) is 0. The Morgan fingerprint density at radius 3 is 2.86 bits per heavy atom. The maximum absolute atomic E-state index is 12.8. The van der Waals surface area contributed by atoms with Gasteiger partial charge in [0.15, 0.2) is 12.4 Å². The number of carbonyl (C=O) groups is 1. The van der Waals surface area contributed by atoms with Crippen molar-refractivity contribution in [3.8, 4) is 17.3 Å². The maximum atomic E-state index is 12.8. The lowest BCUT2D eigenvalue weighted by atomic mass is 10.0. The van der Waals surface area contributed by atoms with Crippen molar-refractivity contribution >= 4 is 5.91 Å². The molecular weight excluding hydrogens is 358 g/mol. The van der Waals surface area contributed by atoms with Gasteiger partial charge in [0.1, 0.15) is 11.4 Å². The standard InChI is InChI=1S/C20H21N5O3/c1-14-11-22-16(12-21-14)20-23-19(24-28-20)17-9-5-6-10-25(17)18(26)13-27-15-7-3-2-4-8-15/h2-4,7-8,11-12,17H,5-6,9-10,13H2,1H3/t17-/m1/s1. The van der Waals surface area contributed by atoms with Crippen molar-refractivity contribution in [2.45, 2.75) is 32.2 Å². The van der Waals surface area contributed by atoms with Gasteiger partial charge in [0.25, 0.3) is 11.8 Å². The largest absolute Gasteiger partial charge is 0.484 e. The van der Waals surface area contributed by atoms with Crippen molar-refractivity contribution in [1.82, 2.24) is 25.0 Å². The van der Waals surface area contributed by atoms with Crippen LogP contribution < -0.4 is 4.74 Å². The summed E-state index contributed by atoms with van der Waals surface area (Å²) < 4.78 is 11.0. The molecule has 1 amide bonds. The van der Waals surface area contributed by atoms with E-state index in [-0.39, 0.29) is 18.6 Å². The predicted molar refractivity (Wildman–Crippen MR) is 100 cm³/mol. The average molecular weight is 379 g/mol. The molecule has 3 aromatic rings. The first-order valence-corrected chi connectivity index (χ1v) is 9.30. The van der Waals surface area contributed by atoms with Crippen LogP contribution in [0.2, 0.25) is 0 Å². The number of likely N-dealkylation sites (tertiary alicyclic amines) is 1. The van der Waals surface area contributed by atoms with Crippen molar-refractivity contribution in [2.75, 3.05) is 13.2 Å². The zero-order valence-electron chi connectivity index (χ0n) is 15.6. The summed E-state index contributed by atoms with van der Waals surface area (Å²) in [6, 6.07) is 9.08. The van der Waals surface area contributed by atoms with Crippen LogP contribution in [0, 0.1) is 6.92 Å². The van der Waals surface area contributed by atoms with E-state index < -0.39 is 0 Å². The molecule has 1 fully saturated rings. The summed E-state index contributed by atoms with van der Waals surface area (Å²) in [5.74, 6) is 1.38. The predicted octanol–water partition coefficient (Wildman–Crippen LogP) is 2.97. The Kier molecular flexibility index (Phi) is 5.27. The van der Waals surface area contributed by atoms with E-state index in [1.54, 1.807) is 17.3 Å². The normalized spacial score (nSPS) is 16.8. The second-order valence-electron chi connectivity index (χ2n) is 6.70. The molecule has 0 N–H and O–H groups in total. The van der Waals surface area contributed by atoms with E-state index >= 15 is 0 Å². The van der Waals surface area contributed by atoms with Crippen molar-refractivity contribution in [2.24, 2.45) is 0 Å². The Morgan fingerprint density at radius 2 is 2.07 bits per heavy atom. The summed E-state index contributed by atoms with van der Waals surface area (Å²) in [5, 5.41) is 4.10. The molecule has 4 rings (SSSR count). The van der Waals surface area contributed by atoms with E-state index in [9.17, 15) is 4.79 Å². The molecule has 8 nitrogen and oxygen atoms in total. The Morgan fingerprint density at radius 1 is 1.21 bits per heavy atom. The average Bonchev–Trinajstić information content (AvgIpc) is 3.23. The molecule has 144 valence electrons. The van der Waals surface area contributed by atoms with Gasteiger partial charge < -0.3 is 14.2 Å². The lowest BCUT2D eigenvalue weighted by molar-refractivity contribution is -0.137. The quantitative estimate of drug-likeness (QED) is 0.672. The van der Waals surface area contributed by atoms with E-state index in [0.29, 0.717) is 29.7 Å². The van der Waals surface area contributed by atoms with Gasteiger partial charge in [-0.15, -0.1) is 0 Å². The molecule has 1 aliphatic heterocycles. The van der Waals surface area contributed by atoms with Gasteiger partial charge in [-0.05, 0) is 38.3 Å². The number of hydrogen-bond acceptors (Lipinski definition) is 7. The van der Waals surface area contributed by atoms with Gasteiger partial charge in [0.2, 0.25) is 0 Å². The monoisotopic (exact) mass is 379 g/mol. The summed E-state index contributed by atoms with van der Waals surface area (Å²) >= 11 is 0. The van der Waals surface area contributed by atoms with E-state index in [1.165, 1.54) is 0 Å². The minimum absolute atomic E-state index is 0.0192. The zero-order valence-corrected chi connectivity index (χ0v) is 15.6. The molecule has 0 aliphatic carbocycles. The van der Waals surface area contributed by atoms with Crippen molar-refractivity contribution in [3.63, 3.8) is 0 Å². The fourth-order valence-electron chi connectivity index (χ4n) is 3.22. The van der Waals surface area contributed by atoms with Crippen molar-refractivity contribution < 1.29 is 14.1 Å². The highest BCUT2D eigenvalue weighted by molar-refractivity contribution is 5.78. The number of piperidine rings is 1. The molecule has 1 atom stereocenters. The second kappa shape index (κ2) is 8.16. The molecule has 0 unspecified atom stereocenters. The van der Waals surface area contributed by atoms with Crippen LogP contribution in [0.25, 0.3) is 11.6 Å². The molecule has 0 spiro atoms. The lowest BCUT2D eigenvalue weighted by Gasteiger charge is -2.33. The molecule has 1 aliphatic rings. The smallest absolute Gasteiger partial charge is 0.278 e. The number of para-hydroxylation sites is 1. The number of aryl methyl sites for hydroxylation is 1. The molecule has 0 saturated carbocycles. The number of rotatable bonds is 5. The summed E-state index contributed by atoms with van der Waals surface area (Å²) in [4.78, 5) is 27.5. The van der Waals surface area contributed by atoms with E-state index in [4.69, 9.17) is 9.26 Å². The molecule has 1 aromatic carbocycles. The van der Waals surface area contributed by atoms with E-state index in [2.05, 4.69) is 20.1 Å². The topological polar surface area (TPSA) is 94.2 Å². The summed E-state index contributed by atoms with van der Waals surface area (Å²) in [5.41, 5.74) is 1.33. The number of aromatic nitrogens is 4. The van der Waals surface area contributed by atoms with Crippen LogP contribution >= 0.6 is 0 Å².